The summed E-state index contributed by atoms with van der Waals surface area (Å²) >= 11 is 0. The average molecular weight is 210 g/mol. The van der Waals surface area contributed by atoms with Crippen LogP contribution in [0, 0.1) is 11.8 Å². The van der Waals surface area contributed by atoms with E-state index in [1.807, 2.05) is 0 Å². The van der Waals surface area contributed by atoms with E-state index in [1.165, 1.54) is 38.6 Å². The van der Waals surface area contributed by atoms with Gasteiger partial charge in [0.1, 0.15) is 0 Å². The van der Waals surface area contributed by atoms with Gasteiger partial charge in [0.15, 0.2) is 0 Å². The van der Waals surface area contributed by atoms with Crippen LogP contribution in [0.1, 0.15) is 46.0 Å². The molecule has 0 aromatic carbocycles. The summed E-state index contributed by atoms with van der Waals surface area (Å²) in [5.41, 5.74) is 6.16. The smallest absolute Gasteiger partial charge is 0.0171 e. The predicted molar refractivity (Wildman–Crippen MR) is 64.7 cm³/mol. The zero-order valence-electron chi connectivity index (χ0n) is 10.3. The van der Waals surface area contributed by atoms with Crippen molar-refractivity contribution in [3.8, 4) is 0 Å². The number of hydrogen-bond donors (Lipinski definition) is 1. The van der Waals surface area contributed by atoms with Crippen molar-refractivity contribution in [1.29, 1.82) is 0 Å². The molecule has 15 heavy (non-hydrogen) atoms. The van der Waals surface area contributed by atoms with Crippen molar-refractivity contribution in [3.05, 3.63) is 0 Å². The van der Waals surface area contributed by atoms with E-state index in [2.05, 4.69) is 18.7 Å². The van der Waals surface area contributed by atoms with Crippen LogP contribution in [-0.2, 0) is 0 Å². The molecule has 88 valence electrons. The summed E-state index contributed by atoms with van der Waals surface area (Å²) < 4.78 is 0. The number of nitrogens with zero attached hydrogens (tertiary/aromatic N) is 1. The number of piperidine rings is 1. The largest absolute Gasteiger partial charge is 0.327 e. The molecule has 2 fully saturated rings. The van der Waals surface area contributed by atoms with Crippen LogP contribution in [0.25, 0.3) is 0 Å². The second kappa shape index (κ2) is 4.84. The highest BCUT2D eigenvalue weighted by molar-refractivity contribution is 4.90. The molecule has 0 aromatic rings. The molecular formula is C13H26N2. The molecule has 0 bridgehead atoms. The summed E-state index contributed by atoms with van der Waals surface area (Å²) in [6, 6.07) is 1.22. The molecule has 2 heteroatoms. The first-order valence-corrected chi connectivity index (χ1v) is 6.70. The predicted octanol–water partition coefficient (Wildman–Crippen LogP) is 2.23. The maximum atomic E-state index is 6.16. The number of rotatable bonds is 4. The molecule has 1 saturated carbocycles. The van der Waals surface area contributed by atoms with Crippen molar-refractivity contribution in [2.45, 2.75) is 58.0 Å². The molecule has 2 aliphatic rings. The van der Waals surface area contributed by atoms with Crippen LogP contribution < -0.4 is 5.73 Å². The Morgan fingerprint density at radius 2 is 2.07 bits per heavy atom. The van der Waals surface area contributed by atoms with Gasteiger partial charge in [-0.2, -0.15) is 0 Å². The summed E-state index contributed by atoms with van der Waals surface area (Å²) in [5, 5.41) is 0. The molecule has 2 N–H and O–H groups in total. The fourth-order valence-electron chi connectivity index (χ4n) is 3.11. The van der Waals surface area contributed by atoms with Crippen LogP contribution in [-0.4, -0.2) is 30.1 Å². The Hall–Kier alpha value is -0.0800. The lowest BCUT2D eigenvalue weighted by Crippen LogP contribution is -2.50. The van der Waals surface area contributed by atoms with E-state index < -0.39 is 0 Å². The van der Waals surface area contributed by atoms with E-state index in [0.29, 0.717) is 6.04 Å². The van der Waals surface area contributed by atoms with E-state index in [4.69, 9.17) is 5.73 Å². The third-order valence-electron chi connectivity index (χ3n) is 4.17. The summed E-state index contributed by atoms with van der Waals surface area (Å²) in [5.74, 6) is 1.84. The van der Waals surface area contributed by atoms with Crippen LogP contribution in [0.2, 0.25) is 0 Å². The molecule has 1 heterocycles. The first-order chi connectivity index (χ1) is 7.20. The van der Waals surface area contributed by atoms with Gasteiger partial charge >= 0.3 is 0 Å². The molecule has 2 nitrogen and oxygen atoms in total. The van der Waals surface area contributed by atoms with Gasteiger partial charge in [-0.3, -0.25) is 4.90 Å². The van der Waals surface area contributed by atoms with E-state index in [1.54, 1.807) is 0 Å². The highest BCUT2D eigenvalue weighted by atomic mass is 15.2. The Kier molecular flexibility index (Phi) is 3.68. The molecular weight excluding hydrogens is 184 g/mol. The summed E-state index contributed by atoms with van der Waals surface area (Å²) in [6.45, 7) is 7.13. The van der Waals surface area contributed by atoms with Crippen molar-refractivity contribution < 1.29 is 0 Å². The zero-order chi connectivity index (χ0) is 10.8. The molecule has 3 atom stereocenters. The second-order valence-electron chi connectivity index (χ2n) is 5.68. The molecule has 0 amide bonds. The number of likely N-dealkylation sites (tertiary alicyclic amines) is 1. The van der Waals surface area contributed by atoms with E-state index in [9.17, 15) is 0 Å². The van der Waals surface area contributed by atoms with Gasteiger partial charge in [0.2, 0.25) is 0 Å². The Labute approximate surface area is 94.2 Å². The molecule has 0 radical (unpaired) electrons. The van der Waals surface area contributed by atoms with Crippen LogP contribution in [0.15, 0.2) is 0 Å². The normalized spacial score (nSPS) is 35.4. The first-order valence-electron chi connectivity index (χ1n) is 6.70. The third-order valence-corrected chi connectivity index (χ3v) is 4.17. The Morgan fingerprint density at radius 1 is 1.33 bits per heavy atom. The minimum Gasteiger partial charge on any atom is -0.327 e. The minimum atomic E-state index is 0.427. The Morgan fingerprint density at radius 3 is 2.67 bits per heavy atom. The van der Waals surface area contributed by atoms with E-state index in [0.717, 1.165) is 24.4 Å². The Bertz CT molecular complexity index is 201. The SMILES string of the molecule is CCCC1CC(N)CN(C(C)C2CC2)C1. The standard InChI is InChI=1S/C13H26N2/c1-3-4-11-7-13(14)9-15(8-11)10(2)12-5-6-12/h10-13H,3-9,14H2,1-2H3. The van der Waals surface area contributed by atoms with E-state index in [-0.39, 0.29) is 0 Å². The number of hydrogen-bond acceptors (Lipinski definition) is 2. The molecule has 1 aliphatic heterocycles. The number of nitrogens with two attached hydrogens (primary N) is 1. The van der Waals surface area contributed by atoms with Crippen molar-refractivity contribution in [1.82, 2.24) is 4.90 Å². The molecule has 1 aliphatic carbocycles. The minimum absolute atomic E-state index is 0.427. The lowest BCUT2D eigenvalue weighted by molar-refractivity contribution is 0.102. The summed E-state index contributed by atoms with van der Waals surface area (Å²) in [4.78, 5) is 2.66. The monoisotopic (exact) mass is 210 g/mol. The maximum absolute atomic E-state index is 6.16. The molecule has 1 saturated heterocycles. The summed E-state index contributed by atoms with van der Waals surface area (Å²) in [7, 11) is 0. The average Bonchev–Trinajstić information content (AvgIpc) is 2.99. The van der Waals surface area contributed by atoms with Gasteiger partial charge in [-0.05, 0) is 44.4 Å². The lowest BCUT2D eigenvalue weighted by atomic mass is 9.90. The first kappa shape index (κ1) is 11.4. The van der Waals surface area contributed by atoms with E-state index >= 15 is 0 Å². The van der Waals surface area contributed by atoms with Gasteiger partial charge in [0, 0.05) is 25.2 Å². The van der Waals surface area contributed by atoms with Gasteiger partial charge in [0.25, 0.3) is 0 Å². The van der Waals surface area contributed by atoms with Crippen LogP contribution >= 0.6 is 0 Å². The quantitative estimate of drug-likeness (QED) is 0.771. The van der Waals surface area contributed by atoms with Crippen molar-refractivity contribution >= 4 is 0 Å². The maximum Gasteiger partial charge on any atom is 0.0171 e. The highest BCUT2D eigenvalue weighted by Crippen LogP contribution is 2.36. The fourth-order valence-corrected chi connectivity index (χ4v) is 3.11. The van der Waals surface area contributed by atoms with Crippen molar-refractivity contribution in [2.24, 2.45) is 17.6 Å². The van der Waals surface area contributed by atoms with Crippen LogP contribution in [0.3, 0.4) is 0 Å². The highest BCUT2D eigenvalue weighted by Gasteiger charge is 2.35. The van der Waals surface area contributed by atoms with Gasteiger partial charge in [-0.1, -0.05) is 13.3 Å². The van der Waals surface area contributed by atoms with Gasteiger partial charge in [0.05, 0.1) is 0 Å². The van der Waals surface area contributed by atoms with Gasteiger partial charge in [-0.25, -0.2) is 0 Å². The van der Waals surface area contributed by atoms with Gasteiger partial charge < -0.3 is 5.73 Å². The lowest BCUT2D eigenvalue weighted by Gasteiger charge is -2.40. The zero-order valence-corrected chi connectivity index (χ0v) is 10.3. The topological polar surface area (TPSA) is 29.3 Å². The van der Waals surface area contributed by atoms with Crippen LogP contribution in [0.5, 0.6) is 0 Å². The fraction of sp³-hybridized carbons (Fsp3) is 1.00. The third kappa shape index (κ3) is 2.94. The van der Waals surface area contributed by atoms with Crippen molar-refractivity contribution in [2.75, 3.05) is 13.1 Å². The second-order valence-corrected chi connectivity index (χ2v) is 5.68. The van der Waals surface area contributed by atoms with Crippen molar-refractivity contribution in [3.63, 3.8) is 0 Å². The molecule has 2 rings (SSSR count). The van der Waals surface area contributed by atoms with Gasteiger partial charge in [-0.15, -0.1) is 0 Å². The van der Waals surface area contributed by atoms with Crippen LogP contribution in [0.4, 0.5) is 0 Å². The Balaban J connectivity index is 1.87. The molecule has 3 unspecified atom stereocenters. The molecule has 0 aromatic heterocycles. The summed E-state index contributed by atoms with van der Waals surface area (Å²) in [6.07, 6.45) is 6.82. The molecule has 0 spiro atoms.